The van der Waals surface area contributed by atoms with E-state index in [9.17, 15) is 23.1 Å². The first-order valence-electron chi connectivity index (χ1n) is 7.62. The van der Waals surface area contributed by atoms with Crippen LogP contribution in [0.15, 0.2) is 40.1 Å². The number of carbonyl (C=O) groups is 1. The van der Waals surface area contributed by atoms with Gasteiger partial charge < -0.3 is 10.4 Å². The Morgan fingerprint density at radius 3 is 2.42 bits per heavy atom. The van der Waals surface area contributed by atoms with Crippen molar-refractivity contribution in [1.82, 2.24) is 5.32 Å². The van der Waals surface area contributed by atoms with Crippen LogP contribution in [0.1, 0.15) is 27.7 Å². The molecule has 132 valence electrons. The van der Waals surface area contributed by atoms with Crippen molar-refractivity contribution < 1.29 is 23.1 Å². The number of nitrogens with one attached hydrogen (secondary N) is 1. The Morgan fingerprint density at radius 2 is 1.92 bits per heavy atom. The lowest BCUT2D eigenvalue weighted by atomic mass is 9.72. The summed E-state index contributed by atoms with van der Waals surface area (Å²) in [5.74, 6) is -1.35. The molecule has 0 saturated heterocycles. The third-order valence-corrected chi connectivity index (χ3v) is 4.08. The molecule has 4 nitrogen and oxygen atoms in total. The number of hydrogen-bond donors (Lipinski definition) is 2. The zero-order valence-electron chi connectivity index (χ0n) is 14.0. The topological polar surface area (TPSA) is 61.7 Å². The number of allylic oxidation sites excluding steroid dienone is 1. The summed E-state index contributed by atoms with van der Waals surface area (Å²) in [6.07, 6.45) is 0.528. The van der Waals surface area contributed by atoms with E-state index >= 15 is 0 Å². The van der Waals surface area contributed by atoms with Gasteiger partial charge in [0.05, 0.1) is 6.04 Å². The molecular weight excluding hydrogens is 321 g/mol. The lowest BCUT2D eigenvalue weighted by Gasteiger charge is -2.38. The average molecular weight is 342 g/mol. The predicted molar refractivity (Wildman–Crippen MR) is 85.8 cm³/mol. The van der Waals surface area contributed by atoms with Crippen molar-refractivity contribution in [1.29, 1.82) is 0 Å². The maximum Gasteiger partial charge on any atom is 0.405 e. The summed E-state index contributed by atoms with van der Waals surface area (Å²) in [5.41, 5.74) is 1.59. The highest BCUT2D eigenvalue weighted by Gasteiger charge is 2.37. The number of halogens is 3. The minimum absolute atomic E-state index is 0.0241. The standard InChI is InChI=1S/C17H21F3N2O2/c1-9-5-13(15(23)24)22-14-11(9)6-10(21-8-17(18,19)20)7-12(14)16(2,3)4/h5-7,11,14,21H,8H2,1-4H3,(H,23,24). The molecule has 0 aromatic rings. The Labute approximate surface area is 138 Å². The van der Waals surface area contributed by atoms with Crippen LogP contribution in [-0.2, 0) is 4.79 Å². The smallest absolute Gasteiger partial charge is 0.405 e. The van der Waals surface area contributed by atoms with Crippen molar-refractivity contribution in [3.8, 4) is 0 Å². The van der Waals surface area contributed by atoms with Gasteiger partial charge in [0, 0.05) is 11.6 Å². The first-order chi connectivity index (χ1) is 10.9. The number of fused-ring (bicyclic) bond motifs is 1. The summed E-state index contributed by atoms with van der Waals surface area (Å²) in [7, 11) is 0. The van der Waals surface area contributed by atoms with E-state index in [0.29, 0.717) is 5.70 Å². The Morgan fingerprint density at radius 1 is 1.29 bits per heavy atom. The van der Waals surface area contributed by atoms with E-state index in [1.54, 1.807) is 19.1 Å². The Kier molecular flexibility index (Phi) is 4.65. The second-order valence-corrected chi connectivity index (χ2v) is 7.12. The normalized spacial score (nSPS) is 24.3. The molecular formula is C17H21F3N2O2. The second-order valence-electron chi connectivity index (χ2n) is 7.12. The largest absolute Gasteiger partial charge is 0.477 e. The number of hydrogen-bond acceptors (Lipinski definition) is 3. The van der Waals surface area contributed by atoms with E-state index in [-0.39, 0.29) is 17.0 Å². The number of carboxylic acids is 1. The van der Waals surface area contributed by atoms with Gasteiger partial charge in [-0.05, 0) is 30.1 Å². The van der Waals surface area contributed by atoms with Gasteiger partial charge in [-0.3, -0.25) is 4.99 Å². The van der Waals surface area contributed by atoms with Gasteiger partial charge in [0.15, 0.2) is 0 Å². The van der Waals surface area contributed by atoms with Crippen LogP contribution < -0.4 is 5.32 Å². The molecule has 1 heterocycles. The van der Waals surface area contributed by atoms with Crippen LogP contribution in [0.2, 0.25) is 0 Å². The van der Waals surface area contributed by atoms with E-state index < -0.39 is 24.7 Å². The van der Waals surface area contributed by atoms with Gasteiger partial charge in [-0.25, -0.2) is 4.79 Å². The van der Waals surface area contributed by atoms with E-state index in [0.717, 1.165) is 11.1 Å². The molecule has 24 heavy (non-hydrogen) atoms. The Balaban J connectivity index is 2.41. The number of alkyl halides is 3. The van der Waals surface area contributed by atoms with Gasteiger partial charge in [0.1, 0.15) is 12.3 Å². The highest BCUT2D eigenvalue weighted by atomic mass is 19.4. The molecule has 7 heteroatoms. The van der Waals surface area contributed by atoms with Crippen molar-refractivity contribution in [2.24, 2.45) is 16.3 Å². The van der Waals surface area contributed by atoms with Gasteiger partial charge in [-0.1, -0.05) is 32.4 Å². The Hall–Kier alpha value is -2.05. The van der Waals surface area contributed by atoms with Crippen molar-refractivity contribution in [2.45, 2.75) is 39.9 Å². The number of nitrogens with zero attached hydrogens (tertiary/aromatic N) is 1. The zero-order valence-corrected chi connectivity index (χ0v) is 14.0. The van der Waals surface area contributed by atoms with Crippen LogP contribution in [0.5, 0.6) is 0 Å². The van der Waals surface area contributed by atoms with Gasteiger partial charge in [-0.2, -0.15) is 13.2 Å². The highest BCUT2D eigenvalue weighted by molar-refractivity contribution is 6.40. The molecule has 2 rings (SSSR count). The van der Waals surface area contributed by atoms with Crippen LogP contribution in [0.4, 0.5) is 13.2 Å². The summed E-state index contributed by atoms with van der Waals surface area (Å²) in [6, 6.07) is -0.405. The van der Waals surface area contributed by atoms with E-state index in [1.807, 2.05) is 20.8 Å². The minimum Gasteiger partial charge on any atom is -0.477 e. The molecule has 1 aliphatic carbocycles. The minimum atomic E-state index is -4.31. The number of carboxylic acid groups (broad SMARTS) is 1. The maximum atomic E-state index is 12.5. The molecule has 0 aromatic heterocycles. The van der Waals surface area contributed by atoms with E-state index in [1.165, 1.54) is 6.08 Å². The van der Waals surface area contributed by atoms with Gasteiger partial charge >= 0.3 is 12.1 Å². The molecule has 0 aromatic carbocycles. The van der Waals surface area contributed by atoms with Crippen molar-refractivity contribution in [3.05, 3.63) is 35.1 Å². The first kappa shape index (κ1) is 18.3. The van der Waals surface area contributed by atoms with Crippen molar-refractivity contribution in [2.75, 3.05) is 6.54 Å². The summed E-state index contributed by atoms with van der Waals surface area (Å²) in [4.78, 5) is 15.6. The molecule has 1 aliphatic heterocycles. The summed E-state index contributed by atoms with van der Waals surface area (Å²) < 4.78 is 37.4. The van der Waals surface area contributed by atoms with Gasteiger partial charge in [0.2, 0.25) is 0 Å². The highest BCUT2D eigenvalue weighted by Crippen LogP contribution is 2.41. The number of aliphatic carboxylic acids is 1. The number of rotatable bonds is 3. The van der Waals surface area contributed by atoms with Crippen LogP contribution in [0, 0.1) is 11.3 Å². The molecule has 0 radical (unpaired) electrons. The molecule has 2 aliphatic rings. The maximum absolute atomic E-state index is 12.5. The summed E-state index contributed by atoms with van der Waals surface area (Å²) >= 11 is 0. The fourth-order valence-electron chi connectivity index (χ4n) is 2.90. The zero-order chi connectivity index (χ0) is 18.3. The monoisotopic (exact) mass is 342 g/mol. The molecule has 0 bridgehead atoms. The van der Waals surface area contributed by atoms with Gasteiger partial charge in [0.25, 0.3) is 0 Å². The molecule has 0 saturated carbocycles. The number of dihydropyridines is 1. The average Bonchev–Trinajstić information content (AvgIpc) is 2.42. The predicted octanol–water partition coefficient (Wildman–Crippen LogP) is 3.48. The second kappa shape index (κ2) is 6.11. The number of aliphatic imine (C=N–C) groups is 1. The van der Waals surface area contributed by atoms with E-state index in [4.69, 9.17) is 0 Å². The van der Waals surface area contributed by atoms with Crippen molar-refractivity contribution >= 4 is 11.7 Å². The van der Waals surface area contributed by atoms with Crippen LogP contribution in [0.25, 0.3) is 0 Å². The summed E-state index contributed by atoms with van der Waals surface area (Å²) in [6.45, 7) is 6.47. The first-order valence-corrected chi connectivity index (χ1v) is 7.62. The fourth-order valence-corrected chi connectivity index (χ4v) is 2.90. The van der Waals surface area contributed by atoms with E-state index in [2.05, 4.69) is 10.3 Å². The fraction of sp³-hybridized carbons (Fsp3) is 0.529. The van der Waals surface area contributed by atoms with Crippen LogP contribution >= 0.6 is 0 Å². The summed E-state index contributed by atoms with van der Waals surface area (Å²) in [5, 5.41) is 11.6. The molecule has 0 amide bonds. The van der Waals surface area contributed by atoms with Crippen LogP contribution in [0.3, 0.4) is 0 Å². The molecule has 2 unspecified atom stereocenters. The SMILES string of the molecule is CC1=CC(C(=O)O)=NC2C(C(C)(C)C)=CC(NCC(F)(F)F)=CC12. The third kappa shape index (κ3) is 4.07. The molecule has 0 spiro atoms. The lowest BCUT2D eigenvalue weighted by molar-refractivity contribution is -0.129. The lowest BCUT2D eigenvalue weighted by Crippen LogP contribution is -2.37. The van der Waals surface area contributed by atoms with Crippen molar-refractivity contribution in [3.63, 3.8) is 0 Å². The molecule has 2 N–H and O–H groups in total. The third-order valence-electron chi connectivity index (χ3n) is 4.08. The molecule has 2 atom stereocenters. The quantitative estimate of drug-likeness (QED) is 0.825. The molecule has 0 fully saturated rings. The van der Waals surface area contributed by atoms with Crippen LogP contribution in [-0.4, -0.2) is 35.6 Å². The Bertz CT molecular complexity index is 664. The van der Waals surface area contributed by atoms with Gasteiger partial charge in [-0.15, -0.1) is 0 Å².